The van der Waals surface area contributed by atoms with Gasteiger partial charge in [0.05, 0.1) is 39.6 Å². The maximum absolute atomic E-state index is 5.67. The van der Waals surface area contributed by atoms with Crippen LogP contribution in [-0.4, -0.2) is 56.9 Å². The fraction of sp³-hybridized carbons (Fsp3) is 0.632. The molecule has 0 saturated heterocycles. The van der Waals surface area contributed by atoms with Crippen molar-refractivity contribution in [3.05, 3.63) is 36.0 Å². The molecule has 1 rings (SSSR count). The van der Waals surface area contributed by atoms with E-state index < -0.39 is 0 Å². The Bertz CT molecular complexity index is 499. The number of allylic oxidation sites excluding steroid dienone is 1. The molecule has 0 aliphatic rings. The van der Waals surface area contributed by atoms with Crippen LogP contribution in [0.15, 0.2) is 41.1 Å². The standard InChI is InChI=1S/C19H32N2O3S2/c1-17(15-24-13-12-23-11-10-22-9-7-20)14-19(2,3)16-25-26-18-6-4-5-8-21-18/h4-6,8,14H,7,9-13,15-16,20H2,1-3H3/b17-14+. The van der Waals surface area contributed by atoms with E-state index in [1.54, 1.807) is 10.8 Å². The number of ether oxygens (including phenoxy) is 3. The van der Waals surface area contributed by atoms with Gasteiger partial charge >= 0.3 is 0 Å². The Morgan fingerprint density at radius 2 is 1.81 bits per heavy atom. The monoisotopic (exact) mass is 400 g/mol. The number of hydrogen-bond donors (Lipinski definition) is 1. The SMILES string of the molecule is C/C(=C\C(C)(C)CSSc1ccccn1)COCCOCCOCCN. The Hall–Kier alpha value is -0.570. The van der Waals surface area contributed by atoms with E-state index in [1.165, 1.54) is 5.57 Å². The zero-order valence-corrected chi connectivity index (χ0v) is 17.7. The third-order valence-corrected chi connectivity index (χ3v) is 5.80. The number of rotatable bonds is 15. The average Bonchev–Trinajstić information content (AvgIpc) is 2.60. The molecule has 0 atom stereocenters. The second kappa shape index (κ2) is 14.5. The lowest BCUT2D eigenvalue weighted by Gasteiger charge is -2.20. The van der Waals surface area contributed by atoms with Crippen LogP contribution in [0.4, 0.5) is 0 Å². The number of pyridine rings is 1. The van der Waals surface area contributed by atoms with Crippen LogP contribution in [0.25, 0.3) is 0 Å². The fourth-order valence-corrected chi connectivity index (χ4v) is 4.70. The molecule has 1 heterocycles. The molecule has 2 N–H and O–H groups in total. The van der Waals surface area contributed by atoms with Crippen LogP contribution in [-0.2, 0) is 14.2 Å². The molecule has 1 aromatic heterocycles. The van der Waals surface area contributed by atoms with Crippen LogP contribution < -0.4 is 5.73 Å². The van der Waals surface area contributed by atoms with Crippen LogP contribution in [0.3, 0.4) is 0 Å². The normalized spacial score (nSPS) is 12.5. The molecule has 0 bridgehead atoms. The quantitative estimate of drug-likeness (QED) is 0.273. The van der Waals surface area contributed by atoms with Gasteiger partial charge in [0, 0.05) is 18.5 Å². The minimum absolute atomic E-state index is 0.108. The van der Waals surface area contributed by atoms with Crippen molar-refractivity contribution in [3.63, 3.8) is 0 Å². The van der Waals surface area contributed by atoms with Gasteiger partial charge in [-0.3, -0.25) is 0 Å². The smallest absolute Gasteiger partial charge is 0.106 e. The van der Waals surface area contributed by atoms with Crippen molar-refractivity contribution in [1.29, 1.82) is 0 Å². The number of nitrogens with two attached hydrogens (primary N) is 1. The highest BCUT2D eigenvalue weighted by molar-refractivity contribution is 8.76. The number of hydrogen-bond acceptors (Lipinski definition) is 7. The Morgan fingerprint density at radius 1 is 1.12 bits per heavy atom. The predicted molar refractivity (Wildman–Crippen MR) is 112 cm³/mol. The molecule has 0 fully saturated rings. The van der Waals surface area contributed by atoms with Crippen molar-refractivity contribution in [3.8, 4) is 0 Å². The van der Waals surface area contributed by atoms with Gasteiger partial charge in [-0.2, -0.15) is 0 Å². The average molecular weight is 401 g/mol. The van der Waals surface area contributed by atoms with Crippen molar-refractivity contribution in [2.24, 2.45) is 11.1 Å². The summed E-state index contributed by atoms with van der Waals surface area (Å²) in [5.74, 6) is 1.01. The molecule has 0 spiro atoms. The first kappa shape index (κ1) is 23.5. The predicted octanol–water partition coefficient (Wildman–Crippen LogP) is 3.80. The molecule has 0 saturated carbocycles. The molecule has 26 heavy (non-hydrogen) atoms. The Morgan fingerprint density at radius 3 is 2.46 bits per heavy atom. The van der Waals surface area contributed by atoms with Crippen molar-refractivity contribution in [1.82, 2.24) is 4.98 Å². The first-order valence-electron chi connectivity index (χ1n) is 8.85. The van der Waals surface area contributed by atoms with E-state index in [2.05, 4.69) is 31.8 Å². The Kier molecular flexibility index (Phi) is 13.1. The molecular weight excluding hydrogens is 368 g/mol. The molecular formula is C19H32N2O3S2. The fourth-order valence-electron chi connectivity index (χ4n) is 2.14. The van der Waals surface area contributed by atoms with Gasteiger partial charge in [-0.15, -0.1) is 0 Å². The first-order chi connectivity index (χ1) is 12.5. The van der Waals surface area contributed by atoms with Crippen molar-refractivity contribution in [2.45, 2.75) is 25.8 Å². The molecule has 1 aromatic rings. The molecule has 5 nitrogen and oxygen atoms in total. The molecule has 0 aromatic carbocycles. The van der Waals surface area contributed by atoms with Gasteiger partial charge < -0.3 is 19.9 Å². The summed E-state index contributed by atoms with van der Waals surface area (Å²) in [6.45, 7) is 10.7. The molecule has 0 aliphatic heterocycles. The van der Waals surface area contributed by atoms with E-state index >= 15 is 0 Å². The lowest BCUT2D eigenvalue weighted by atomic mass is 9.94. The molecule has 7 heteroatoms. The molecule has 148 valence electrons. The highest BCUT2D eigenvalue weighted by Gasteiger charge is 2.15. The molecule has 0 radical (unpaired) electrons. The lowest BCUT2D eigenvalue weighted by Crippen LogP contribution is -2.14. The maximum Gasteiger partial charge on any atom is 0.106 e. The summed E-state index contributed by atoms with van der Waals surface area (Å²) in [6, 6.07) is 5.98. The first-order valence-corrected chi connectivity index (χ1v) is 11.2. The van der Waals surface area contributed by atoms with Gasteiger partial charge in [-0.05, 0) is 35.3 Å². The third-order valence-electron chi connectivity index (χ3n) is 3.19. The Balaban J connectivity index is 2.11. The summed E-state index contributed by atoms with van der Waals surface area (Å²) in [5, 5.41) is 1.05. The van der Waals surface area contributed by atoms with Gasteiger partial charge in [-0.1, -0.05) is 42.4 Å². The number of aromatic nitrogens is 1. The molecule has 0 aliphatic carbocycles. The van der Waals surface area contributed by atoms with E-state index in [0.717, 1.165) is 10.8 Å². The van der Waals surface area contributed by atoms with Crippen LogP contribution in [0.2, 0.25) is 0 Å². The highest BCUT2D eigenvalue weighted by Crippen LogP contribution is 2.35. The summed E-state index contributed by atoms with van der Waals surface area (Å²) in [4.78, 5) is 4.33. The van der Waals surface area contributed by atoms with Gasteiger partial charge in [-0.25, -0.2) is 4.98 Å². The van der Waals surface area contributed by atoms with Crippen molar-refractivity contribution < 1.29 is 14.2 Å². The van der Waals surface area contributed by atoms with Crippen molar-refractivity contribution in [2.75, 3.05) is 51.9 Å². The van der Waals surface area contributed by atoms with Crippen molar-refractivity contribution >= 4 is 21.6 Å². The van der Waals surface area contributed by atoms with E-state index in [4.69, 9.17) is 19.9 Å². The van der Waals surface area contributed by atoms with E-state index in [9.17, 15) is 0 Å². The third kappa shape index (κ3) is 12.7. The largest absolute Gasteiger partial charge is 0.378 e. The zero-order chi connectivity index (χ0) is 19.1. The Labute approximate surface area is 165 Å². The van der Waals surface area contributed by atoms with Gasteiger partial charge in [0.2, 0.25) is 0 Å². The van der Waals surface area contributed by atoms with Crippen LogP contribution in [0, 0.1) is 5.41 Å². The van der Waals surface area contributed by atoms with E-state index in [-0.39, 0.29) is 5.41 Å². The topological polar surface area (TPSA) is 66.6 Å². The summed E-state index contributed by atoms with van der Waals surface area (Å²) in [7, 11) is 3.55. The van der Waals surface area contributed by atoms with E-state index in [0.29, 0.717) is 46.2 Å². The lowest BCUT2D eigenvalue weighted by molar-refractivity contribution is 0.0200. The second-order valence-corrected chi connectivity index (χ2v) is 8.88. The maximum atomic E-state index is 5.67. The summed E-state index contributed by atoms with van der Waals surface area (Å²) >= 11 is 0. The van der Waals surface area contributed by atoms with E-state index in [1.807, 2.05) is 35.2 Å². The minimum atomic E-state index is 0.108. The van der Waals surface area contributed by atoms with Crippen LogP contribution in [0.1, 0.15) is 20.8 Å². The van der Waals surface area contributed by atoms with Crippen LogP contribution in [0.5, 0.6) is 0 Å². The van der Waals surface area contributed by atoms with Crippen LogP contribution >= 0.6 is 21.6 Å². The molecule has 0 unspecified atom stereocenters. The van der Waals surface area contributed by atoms with Gasteiger partial charge in [0.15, 0.2) is 0 Å². The summed E-state index contributed by atoms with van der Waals surface area (Å²) < 4.78 is 16.3. The van der Waals surface area contributed by atoms with Gasteiger partial charge in [0.1, 0.15) is 5.03 Å². The minimum Gasteiger partial charge on any atom is -0.378 e. The summed E-state index contributed by atoms with van der Waals surface area (Å²) in [5.41, 5.74) is 6.69. The highest BCUT2D eigenvalue weighted by atomic mass is 33.1. The summed E-state index contributed by atoms with van der Waals surface area (Å²) in [6.07, 6.45) is 4.12. The zero-order valence-electron chi connectivity index (χ0n) is 16.1. The van der Waals surface area contributed by atoms with Gasteiger partial charge in [0.25, 0.3) is 0 Å². The number of nitrogens with zero attached hydrogens (tertiary/aromatic N) is 1. The molecule has 0 amide bonds. The second-order valence-electron chi connectivity index (χ2n) is 6.56.